The van der Waals surface area contributed by atoms with E-state index in [-0.39, 0.29) is 30.4 Å². The van der Waals surface area contributed by atoms with Crippen LogP contribution < -0.4 is 0 Å². The summed E-state index contributed by atoms with van der Waals surface area (Å²) in [6.45, 7) is 0. The smallest absolute Gasteiger partial charge is 0.303 e. The summed E-state index contributed by atoms with van der Waals surface area (Å²) in [5.74, 6) is -1.44. The molecule has 2 aromatic rings. The molecule has 4 atom stereocenters. The third kappa shape index (κ3) is 5.40. The first kappa shape index (κ1) is 21.0. The quantitative estimate of drug-likeness (QED) is 0.437. The summed E-state index contributed by atoms with van der Waals surface area (Å²) in [6.07, 6.45) is 6.89. The molecule has 3 N–H and O–H groups in total. The van der Waals surface area contributed by atoms with Crippen LogP contribution >= 0.6 is 0 Å². The van der Waals surface area contributed by atoms with E-state index in [1.165, 1.54) is 6.08 Å². The second kappa shape index (κ2) is 9.62. The van der Waals surface area contributed by atoms with Gasteiger partial charge >= 0.3 is 5.97 Å². The molecule has 7 heteroatoms. The largest absolute Gasteiger partial charge is 0.481 e. The van der Waals surface area contributed by atoms with Crippen molar-refractivity contribution in [2.24, 2.45) is 11.8 Å². The number of allylic oxidation sites excluding steroid dienone is 2. The molecule has 0 bridgehead atoms. The molecule has 0 amide bonds. The van der Waals surface area contributed by atoms with Crippen molar-refractivity contribution in [1.29, 1.82) is 0 Å². The van der Waals surface area contributed by atoms with Gasteiger partial charge < -0.3 is 19.7 Å². The van der Waals surface area contributed by atoms with E-state index >= 15 is 0 Å². The normalized spacial score (nSPS) is 23.5. The van der Waals surface area contributed by atoms with Crippen molar-refractivity contribution in [3.8, 4) is 0 Å². The van der Waals surface area contributed by atoms with Crippen molar-refractivity contribution in [2.45, 2.75) is 44.3 Å². The molecule has 0 radical (unpaired) electrons. The number of carboxylic acids is 1. The molecule has 0 saturated heterocycles. The van der Waals surface area contributed by atoms with Gasteiger partial charge in [-0.25, -0.2) is 4.98 Å². The maximum Gasteiger partial charge on any atom is 0.303 e. The van der Waals surface area contributed by atoms with Gasteiger partial charge in [-0.15, -0.1) is 0 Å². The average Bonchev–Trinajstić information content (AvgIpc) is 3.23. The van der Waals surface area contributed by atoms with Gasteiger partial charge in [-0.05, 0) is 31.4 Å². The van der Waals surface area contributed by atoms with Gasteiger partial charge in [0.25, 0.3) is 0 Å². The monoisotopic (exact) mass is 399 g/mol. The molecular weight excluding hydrogens is 374 g/mol. The number of oxazole rings is 1. The highest BCUT2D eigenvalue weighted by Gasteiger charge is 2.39. The fourth-order valence-electron chi connectivity index (χ4n) is 3.59. The Hall–Kier alpha value is -2.77. The molecule has 0 aliphatic heterocycles. The van der Waals surface area contributed by atoms with E-state index < -0.39 is 24.1 Å². The minimum Gasteiger partial charge on any atom is -0.481 e. The Labute approximate surface area is 168 Å². The third-order valence-corrected chi connectivity index (χ3v) is 5.13. The van der Waals surface area contributed by atoms with Gasteiger partial charge in [-0.2, -0.15) is 0 Å². The summed E-state index contributed by atoms with van der Waals surface area (Å²) in [5.41, 5.74) is 1.23. The number of unbranched alkanes of at least 4 members (excludes halogenated alkanes) is 1. The Balaban J connectivity index is 1.61. The topological polar surface area (TPSA) is 121 Å². The fraction of sp³-hybridized carbons (Fsp3) is 0.409. The number of fused-ring (bicyclic) bond motifs is 1. The number of carbonyl (C=O) groups excluding carboxylic acids is 1. The first-order chi connectivity index (χ1) is 14.0. The van der Waals surface area contributed by atoms with Gasteiger partial charge in [0.1, 0.15) is 17.4 Å². The number of aromatic nitrogens is 1. The van der Waals surface area contributed by atoms with Crippen LogP contribution in [0.1, 0.15) is 44.1 Å². The van der Waals surface area contributed by atoms with Crippen LogP contribution in [0.5, 0.6) is 0 Å². The molecule has 154 valence electrons. The molecule has 3 rings (SSSR count). The van der Waals surface area contributed by atoms with Crippen LogP contribution in [0.25, 0.3) is 11.1 Å². The van der Waals surface area contributed by atoms with Crippen molar-refractivity contribution in [1.82, 2.24) is 4.98 Å². The molecule has 1 aromatic heterocycles. The van der Waals surface area contributed by atoms with Gasteiger partial charge in [0.15, 0.2) is 5.58 Å². The Morgan fingerprint density at radius 2 is 2.10 bits per heavy atom. The molecule has 1 heterocycles. The number of aliphatic carboxylic acids is 1. The summed E-state index contributed by atoms with van der Waals surface area (Å²) in [4.78, 5) is 27.0. The van der Waals surface area contributed by atoms with Crippen molar-refractivity contribution in [3.05, 3.63) is 54.5 Å². The minimum absolute atomic E-state index is 0.0151. The molecule has 0 spiro atoms. The van der Waals surface area contributed by atoms with Crippen molar-refractivity contribution in [3.63, 3.8) is 0 Å². The van der Waals surface area contributed by atoms with Crippen LogP contribution in [0, 0.1) is 11.8 Å². The summed E-state index contributed by atoms with van der Waals surface area (Å²) >= 11 is 0. The molecule has 1 saturated carbocycles. The van der Waals surface area contributed by atoms with E-state index in [1.807, 2.05) is 24.3 Å². The number of carbonyl (C=O) groups is 2. The number of aliphatic hydroxyl groups excluding tert-OH is 2. The van der Waals surface area contributed by atoms with Crippen LogP contribution in [-0.4, -0.2) is 38.2 Å². The van der Waals surface area contributed by atoms with Crippen LogP contribution in [0.3, 0.4) is 0 Å². The van der Waals surface area contributed by atoms with Gasteiger partial charge in [0.05, 0.1) is 6.10 Å². The number of para-hydroxylation sites is 2. The average molecular weight is 399 g/mol. The first-order valence-corrected chi connectivity index (χ1v) is 9.75. The third-order valence-electron chi connectivity index (χ3n) is 5.13. The maximum absolute atomic E-state index is 12.2. The van der Waals surface area contributed by atoms with Crippen LogP contribution in [-0.2, 0) is 9.59 Å². The minimum atomic E-state index is -1.07. The Kier molecular flexibility index (Phi) is 6.95. The predicted octanol–water partition coefficient (Wildman–Crippen LogP) is 3.18. The highest BCUT2D eigenvalue weighted by molar-refractivity contribution is 5.84. The van der Waals surface area contributed by atoms with E-state index in [4.69, 9.17) is 9.52 Å². The Morgan fingerprint density at radius 3 is 2.86 bits per heavy atom. The van der Waals surface area contributed by atoms with E-state index in [1.54, 1.807) is 18.2 Å². The number of aliphatic hydroxyl groups is 2. The number of nitrogens with zero attached hydrogens (tertiary/aromatic N) is 1. The molecule has 1 aliphatic carbocycles. The molecular formula is C22H25NO6. The second-order valence-electron chi connectivity index (χ2n) is 7.26. The zero-order valence-electron chi connectivity index (χ0n) is 16.0. The Bertz CT molecular complexity index is 882. The van der Waals surface area contributed by atoms with Crippen molar-refractivity contribution < 1.29 is 29.3 Å². The molecule has 1 aromatic carbocycles. The second-order valence-corrected chi connectivity index (χ2v) is 7.26. The van der Waals surface area contributed by atoms with E-state index in [0.717, 1.165) is 0 Å². The van der Waals surface area contributed by atoms with E-state index in [2.05, 4.69) is 4.98 Å². The summed E-state index contributed by atoms with van der Waals surface area (Å²) < 4.78 is 5.54. The molecule has 1 fully saturated rings. The van der Waals surface area contributed by atoms with Gasteiger partial charge in [-0.3, -0.25) is 9.59 Å². The van der Waals surface area contributed by atoms with Gasteiger partial charge in [-0.1, -0.05) is 36.4 Å². The lowest BCUT2D eigenvalue weighted by atomic mass is 9.90. The number of hydrogen-bond acceptors (Lipinski definition) is 6. The highest BCUT2D eigenvalue weighted by Crippen LogP contribution is 2.34. The summed E-state index contributed by atoms with van der Waals surface area (Å²) in [6, 6.07) is 7.20. The number of carboxylic acid groups (broad SMARTS) is 1. The zero-order valence-corrected chi connectivity index (χ0v) is 16.0. The number of ketones is 1. The van der Waals surface area contributed by atoms with E-state index in [9.17, 15) is 19.8 Å². The standard InChI is InChI=1S/C22H25NO6/c24-17(22-23-16-8-5-6-9-20(16)29-22)12-11-15-14(18(25)13-19(15)26)7-3-1-2-4-10-21(27)28/h1,3,5-6,8-9,11-12,14-15,17,19,24,26H,2,4,7,10,13H2,(H,27,28)/t14-,15-,17?,19-/m1/s1. The highest BCUT2D eigenvalue weighted by atomic mass is 16.4. The molecule has 1 aliphatic rings. The van der Waals surface area contributed by atoms with Crippen LogP contribution in [0.15, 0.2) is 53.0 Å². The lowest BCUT2D eigenvalue weighted by Crippen LogP contribution is -2.18. The molecule has 7 nitrogen and oxygen atoms in total. The molecule has 1 unspecified atom stereocenters. The summed E-state index contributed by atoms with van der Waals surface area (Å²) in [7, 11) is 0. The number of Topliss-reactive ketones (excluding diaryl/α,β-unsaturated/α-hetero) is 1. The van der Waals surface area contributed by atoms with Crippen molar-refractivity contribution in [2.75, 3.05) is 0 Å². The maximum atomic E-state index is 12.2. The molecule has 29 heavy (non-hydrogen) atoms. The number of hydrogen-bond donors (Lipinski definition) is 3. The van der Waals surface area contributed by atoms with E-state index in [0.29, 0.717) is 30.4 Å². The van der Waals surface area contributed by atoms with Crippen molar-refractivity contribution >= 4 is 22.9 Å². The number of rotatable bonds is 9. The van der Waals surface area contributed by atoms with Crippen LogP contribution in [0.2, 0.25) is 0 Å². The zero-order chi connectivity index (χ0) is 20.8. The lowest BCUT2D eigenvalue weighted by molar-refractivity contribution is -0.137. The number of benzene rings is 1. The predicted molar refractivity (Wildman–Crippen MR) is 106 cm³/mol. The SMILES string of the molecule is O=C(O)CCCC=CC[C@H]1C(=O)C[C@@H](O)[C@@H]1C=CC(O)c1nc2ccccc2o1. The fourth-order valence-corrected chi connectivity index (χ4v) is 3.59. The summed E-state index contributed by atoms with van der Waals surface area (Å²) in [5, 5.41) is 29.2. The lowest BCUT2D eigenvalue weighted by Gasteiger charge is -2.16. The first-order valence-electron chi connectivity index (χ1n) is 9.75. The van der Waals surface area contributed by atoms with Gasteiger partial charge in [0, 0.05) is 24.7 Å². The van der Waals surface area contributed by atoms with Crippen LogP contribution in [0.4, 0.5) is 0 Å². The Morgan fingerprint density at radius 1 is 1.31 bits per heavy atom. The van der Waals surface area contributed by atoms with Gasteiger partial charge in [0.2, 0.25) is 5.89 Å².